The van der Waals surface area contributed by atoms with Gasteiger partial charge in [0.05, 0.1) is 10.7 Å². The SMILES string of the molecule is Cc1nc(C)n(-c2c(N)cccc2Cl)n1. The number of para-hydroxylation sites is 1. The van der Waals surface area contributed by atoms with Crippen LogP contribution in [-0.2, 0) is 0 Å². The highest BCUT2D eigenvalue weighted by molar-refractivity contribution is 6.32. The van der Waals surface area contributed by atoms with E-state index >= 15 is 0 Å². The summed E-state index contributed by atoms with van der Waals surface area (Å²) in [4.78, 5) is 4.21. The molecule has 2 aromatic rings. The lowest BCUT2D eigenvalue weighted by molar-refractivity contribution is 0.833. The second-order valence-electron chi connectivity index (χ2n) is 3.30. The van der Waals surface area contributed by atoms with Gasteiger partial charge in [0.1, 0.15) is 17.3 Å². The van der Waals surface area contributed by atoms with Crippen LogP contribution in [-0.4, -0.2) is 14.8 Å². The van der Waals surface area contributed by atoms with Gasteiger partial charge in [-0.15, -0.1) is 0 Å². The molecule has 0 aliphatic heterocycles. The number of nitrogens with two attached hydrogens (primary N) is 1. The second-order valence-corrected chi connectivity index (χ2v) is 3.70. The van der Waals surface area contributed by atoms with Crippen molar-refractivity contribution in [1.29, 1.82) is 0 Å². The lowest BCUT2D eigenvalue weighted by atomic mass is 10.2. The fourth-order valence-corrected chi connectivity index (χ4v) is 1.75. The summed E-state index contributed by atoms with van der Waals surface area (Å²) >= 11 is 6.08. The Morgan fingerprint density at radius 1 is 1.33 bits per heavy atom. The number of aryl methyl sites for hydroxylation is 2. The maximum atomic E-state index is 6.08. The van der Waals surface area contributed by atoms with Crippen LogP contribution in [0.3, 0.4) is 0 Å². The summed E-state index contributed by atoms with van der Waals surface area (Å²) in [6.45, 7) is 3.69. The first-order chi connectivity index (χ1) is 7.09. The molecule has 78 valence electrons. The number of hydrogen-bond donors (Lipinski definition) is 1. The minimum Gasteiger partial charge on any atom is -0.397 e. The summed E-state index contributed by atoms with van der Waals surface area (Å²) in [6.07, 6.45) is 0. The molecule has 5 heteroatoms. The topological polar surface area (TPSA) is 56.7 Å². The van der Waals surface area contributed by atoms with Gasteiger partial charge < -0.3 is 5.73 Å². The highest BCUT2D eigenvalue weighted by atomic mass is 35.5. The van der Waals surface area contributed by atoms with Crippen molar-refractivity contribution in [2.75, 3.05) is 5.73 Å². The Bertz CT molecular complexity index is 484. The molecule has 0 bridgehead atoms. The lowest BCUT2D eigenvalue weighted by Gasteiger charge is -2.08. The molecule has 0 aliphatic carbocycles. The number of rotatable bonds is 1. The first kappa shape index (κ1) is 9.98. The zero-order valence-corrected chi connectivity index (χ0v) is 9.28. The van der Waals surface area contributed by atoms with Crippen LogP contribution in [0.25, 0.3) is 5.69 Å². The number of nitrogens with zero attached hydrogens (tertiary/aromatic N) is 3. The zero-order chi connectivity index (χ0) is 11.0. The number of aromatic nitrogens is 3. The minimum atomic E-state index is 0.572. The van der Waals surface area contributed by atoms with Gasteiger partial charge in [-0.1, -0.05) is 17.7 Å². The van der Waals surface area contributed by atoms with Crippen molar-refractivity contribution in [2.45, 2.75) is 13.8 Å². The highest BCUT2D eigenvalue weighted by Crippen LogP contribution is 2.26. The molecule has 2 N–H and O–H groups in total. The Morgan fingerprint density at radius 2 is 2.07 bits per heavy atom. The summed E-state index contributed by atoms with van der Waals surface area (Å²) < 4.78 is 1.66. The molecule has 1 aromatic carbocycles. The molecular formula is C10H11ClN4. The van der Waals surface area contributed by atoms with Gasteiger partial charge in [-0.25, -0.2) is 9.67 Å². The van der Waals surface area contributed by atoms with Crippen LogP contribution < -0.4 is 5.73 Å². The third-order valence-electron chi connectivity index (χ3n) is 2.10. The average Bonchev–Trinajstić information content (AvgIpc) is 2.45. The number of anilines is 1. The molecule has 0 fully saturated rings. The van der Waals surface area contributed by atoms with E-state index in [1.54, 1.807) is 22.9 Å². The van der Waals surface area contributed by atoms with Crippen molar-refractivity contribution >= 4 is 17.3 Å². The number of hydrogen-bond acceptors (Lipinski definition) is 3. The first-order valence-corrected chi connectivity index (χ1v) is 4.92. The molecule has 0 saturated heterocycles. The Hall–Kier alpha value is -1.55. The predicted octanol–water partition coefficient (Wildman–Crippen LogP) is 2.12. The molecule has 4 nitrogen and oxygen atoms in total. The summed E-state index contributed by atoms with van der Waals surface area (Å²) in [5, 5.41) is 4.82. The normalized spacial score (nSPS) is 10.6. The smallest absolute Gasteiger partial charge is 0.148 e. The monoisotopic (exact) mass is 222 g/mol. The summed E-state index contributed by atoms with van der Waals surface area (Å²) in [6, 6.07) is 5.38. The van der Waals surface area contributed by atoms with Crippen molar-refractivity contribution in [3.05, 3.63) is 34.9 Å². The third-order valence-corrected chi connectivity index (χ3v) is 2.41. The van der Waals surface area contributed by atoms with Gasteiger partial charge >= 0.3 is 0 Å². The van der Waals surface area contributed by atoms with Crippen molar-refractivity contribution in [1.82, 2.24) is 14.8 Å². The number of nitrogen functional groups attached to an aromatic ring is 1. The summed E-state index contributed by atoms with van der Waals surface area (Å²) in [5.74, 6) is 1.47. The molecule has 2 rings (SSSR count). The molecule has 15 heavy (non-hydrogen) atoms. The Kier molecular flexibility index (Phi) is 2.36. The van der Waals surface area contributed by atoms with E-state index < -0.39 is 0 Å². The van der Waals surface area contributed by atoms with Gasteiger partial charge in [0.25, 0.3) is 0 Å². The van der Waals surface area contributed by atoms with E-state index in [0.29, 0.717) is 22.2 Å². The quantitative estimate of drug-likeness (QED) is 0.752. The highest BCUT2D eigenvalue weighted by Gasteiger charge is 2.11. The summed E-state index contributed by atoms with van der Waals surface area (Å²) in [5.41, 5.74) is 7.14. The zero-order valence-electron chi connectivity index (χ0n) is 8.53. The molecule has 0 aliphatic rings. The molecule has 0 spiro atoms. The van der Waals surface area contributed by atoms with Crippen molar-refractivity contribution in [3.63, 3.8) is 0 Å². The van der Waals surface area contributed by atoms with Gasteiger partial charge in [0, 0.05) is 0 Å². The van der Waals surface area contributed by atoms with Crippen LogP contribution >= 0.6 is 11.6 Å². The van der Waals surface area contributed by atoms with E-state index in [-0.39, 0.29) is 0 Å². The van der Waals surface area contributed by atoms with E-state index in [9.17, 15) is 0 Å². The van der Waals surface area contributed by atoms with E-state index in [1.807, 2.05) is 13.8 Å². The lowest BCUT2D eigenvalue weighted by Crippen LogP contribution is -2.04. The van der Waals surface area contributed by atoms with Crippen LogP contribution in [0.5, 0.6) is 0 Å². The summed E-state index contributed by atoms with van der Waals surface area (Å²) in [7, 11) is 0. The van der Waals surface area contributed by atoms with Crippen LogP contribution in [0, 0.1) is 13.8 Å². The third kappa shape index (κ3) is 1.68. The van der Waals surface area contributed by atoms with Gasteiger partial charge in [0.2, 0.25) is 0 Å². The van der Waals surface area contributed by atoms with E-state index in [1.165, 1.54) is 0 Å². The second kappa shape index (κ2) is 3.55. The van der Waals surface area contributed by atoms with Crippen LogP contribution in [0.2, 0.25) is 5.02 Å². The van der Waals surface area contributed by atoms with Crippen molar-refractivity contribution in [2.24, 2.45) is 0 Å². The standard InChI is InChI=1S/C10H11ClN4/c1-6-13-7(2)15(14-6)10-8(11)4-3-5-9(10)12/h3-5H,12H2,1-2H3. The van der Waals surface area contributed by atoms with Crippen molar-refractivity contribution in [3.8, 4) is 5.69 Å². The number of benzene rings is 1. The van der Waals surface area contributed by atoms with Gasteiger partial charge in [0.15, 0.2) is 0 Å². The van der Waals surface area contributed by atoms with E-state index in [2.05, 4.69) is 10.1 Å². The minimum absolute atomic E-state index is 0.572. The van der Waals surface area contributed by atoms with E-state index in [4.69, 9.17) is 17.3 Å². The Labute approximate surface area is 92.7 Å². The van der Waals surface area contributed by atoms with Crippen LogP contribution in [0.1, 0.15) is 11.6 Å². The van der Waals surface area contributed by atoms with Crippen LogP contribution in [0.4, 0.5) is 5.69 Å². The number of halogens is 1. The maximum Gasteiger partial charge on any atom is 0.148 e. The van der Waals surface area contributed by atoms with Crippen molar-refractivity contribution < 1.29 is 0 Å². The fourth-order valence-electron chi connectivity index (χ4n) is 1.49. The van der Waals surface area contributed by atoms with Gasteiger partial charge in [-0.3, -0.25) is 0 Å². The molecule has 1 aromatic heterocycles. The van der Waals surface area contributed by atoms with E-state index in [0.717, 1.165) is 5.82 Å². The molecule has 0 radical (unpaired) electrons. The molecule has 1 heterocycles. The maximum absolute atomic E-state index is 6.08. The molecule has 0 amide bonds. The van der Waals surface area contributed by atoms with Gasteiger partial charge in [-0.2, -0.15) is 5.10 Å². The van der Waals surface area contributed by atoms with Crippen LogP contribution in [0.15, 0.2) is 18.2 Å². The van der Waals surface area contributed by atoms with Gasteiger partial charge in [-0.05, 0) is 26.0 Å². The predicted molar refractivity (Wildman–Crippen MR) is 60.3 cm³/mol. The molecule has 0 atom stereocenters. The molecular weight excluding hydrogens is 212 g/mol. The fraction of sp³-hybridized carbons (Fsp3) is 0.200. The largest absolute Gasteiger partial charge is 0.397 e. The Balaban J connectivity index is 2.68. The first-order valence-electron chi connectivity index (χ1n) is 4.54. The molecule has 0 saturated carbocycles. The average molecular weight is 223 g/mol. The Morgan fingerprint density at radius 3 is 2.60 bits per heavy atom. The molecule has 0 unspecified atom stereocenters.